The van der Waals surface area contributed by atoms with Gasteiger partial charge in [0.05, 0.1) is 28.0 Å². The van der Waals surface area contributed by atoms with Gasteiger partial charge in [-0.25, -0.2) is 18.4 Å². The van der Waals surface area contributed by atoms with Gasteiger partial charge in [-0.05, 0) is 67.6 Å². The quantitative estimate of drug-likeness (QED) is 0.174. The third kappa shape index (κ3) is 5.64. The van der Waals surface area contributed by atoms with E-state index in [1.165, 1.54) is 5.57 Å². The highest BCUT2D eigenvalue weighted by Crippen LogP contribution is 2.40. The zero-order valence-electron chi connectivity index (χ0n) is 25.0. The van der Waals surface area contributed by atoms with Gasteiger partial charge in [-0.2, -0.15) is 13.2 Å². The van der Waals surface area contributed by atoms with Crippen LogP contribution in [0.5, 0.6) is 0 Å². The van der Waals surface area contributed by atoms with Crippen molar-refractivity contribution in [3.63, 3.8) is 0 Å². The van der Waals surface area contributed by atoms with Gasteiger partial charge in [-0.15, -0.1) is 0 Å². The van der Waals surface area contributed by atoms with Crippen LogP contribution >= 0.6 is 0 Å². The molecule has 12 heteroatoms. The summed E-state index contributed by atoms with van der Waals surface area (Å²) in [4.78, 5) is 9.18. The van der Waals surface area contributed by atoms with E-state index in [1.807, 2.05) is 19.2 Å². The molecule has 1 unspecified atom stereocenters. The minimum absolute atomic E-state index is 0.0471. The Labute approximate surface area is 259 Å². The summed E-state index contributed by atoms with van der Waals surface area (Å²) in [6.45, 7) is 4.13. The molecular weight excluding hydrogens is 601 g/mol. The molecule has 45 heavy (non-hydrogen) atoms. The summed E-state index contributed by atoms with van der Waals surface area (Å²) in [7, 11) is -2.38. The number of nitrogens with zero attached hydrogens (tertiary/aromatic N) is 3. The zero-order chi connectivity index (χ0) is 32.1. The number of sulfonamides is 1. The number of benzene rings is 3. The second-order valence-corrected chi connectivity index (χ2v) is 13.2. The van der Waals surface area contributed by atoms with Crippen LogP contribution in [0, 0.1) is 0 Å². The van der Waals surface area contributed by atoms with Crippen molar-refractivity contribution in [2.24, 2.45) is 0 Å². The predicted octanol–water partition coefficient (Wildman–Crippen LogP) is 7.23. The number of hydrogen-bond donors (Lipinski definition) is 3. The smallest absolute Gasteiger partial charge is 0.382 e. The minimum atomic E-state index is -4.68. The molecular formula is C33H33F3N6O2S. The lowest BCUT2D eigenvalue weighted by Gasteiger charge is -2.22. The van der Waals surface area contributed by atoms with Gasteiger partial charge in [0.2, 0.25) is 0 Å². The number of hydrogen-bond acceptors (Lipinski definition) is 6. The molecule has 1 aliphatic rings. The lowest BCUT2D eigenvalue weighted by atomic mass is 9.93. The number of fused-ring (bicyclic) bond motifs is 2. The van der Waals surface area contributed by atoms with E-state index in [4.69, 9.17) is 10.7 Å². The van der Waals surface area contributed by atoms with E-state index in [9.17, 15) is 21.6 Å². The highest BCUT2D eigenvalue weighted by atomic mass is 32.2. The van der Waals surface area contributed by atoms with E-state index in [1.54, 1.807) is 30.5 Å². The van der Waals surface area contributed by atoms with Crippen LogP contribution < -0.4 is 15.8 Å². The Morgan fingerprint density at radius 3 is 2.47 bits per heavy atom. The maximum Gasteiger partial charge on any atom is 0.416 e. The molecule has 0 fully saturated rings. The molecule has 0 bridgehead atoms. The molecule has 3 aromatic carbocycles. The van der Waals surface area contributed by atoms with Crippen LogP contribution in [-0.4, -0.2) is 35.9 Å². The summed E-state index contributed by atoms with van der Waals surface area (Å²) in [5.74, 6) is 1.18. The van der Waals surface area contributed by atoms with E-state index in [-0.39, 0.29) is 11.6 Å². The van der Waals surface area contributed by atoms with E-state index >= 15 is 0 Å². The van der Waals surface area contributed by atoms with Crippen molar-refractivity contribution in [3.8, 4) is 11.3 Å². The van der Waals surface area contributed by atoms with Crippen LogP contribution in [-0.2, 0) is 16.2 Å². The van der Waals surface area contributed by atoms with E-state index in [0.29, 0.717) is 39.9 Å². The van der Waals surface area contributed by atoms with Crippen LogP contribution in [0.2, 0.25) is 0 Å². The van der Waals surface area contributed by atoms with Crippen LogP contribution in [0.4, 0.5) is 24.7 Å². The number of aromatic nitrogens is 3. The number of anilines is 2. The average Bonchev–Trinajstić information content (AvgIpc) is 3.43. The first-order valence-electron chi connectivity index (χ1n) is 14.6. The molecule has 0 amide bonds. The monoisotopic (exact) mass is 634 g/mol. The Kier molecular flexibility index (Phi) is 7.82. The van der Waals surface area contributed by atoms with Gasteiger partial charge in [0.1, 0.15) is 22.9 Å². The number of nitrogens with two attached hydrogens (primary N) is 1. The number of imidazole rings is 1. The lowest BCUT2D eigenvalue weighted by Crippen LogP contribution is -2.26. The van der Waals surface area contributed by atoms with Crippen LogP contribution in [0.1, 0.15) is 56.1 Å². The molecule has 1 aliphatic carbocycles. The number of halogens is 3. The fourth-order valence-corrected chi connectivity index (χ4v) is 7.06. The van der Waals surface area contributed by atoms with Gasteiger partial charge in [-0.1, -0.05) is 50.3 Å². The normalized spacial score (nSPS) is 16.0. The summed E-state index contributed by atoms with van der Waals surface area (Å²) < 4.78 is 71.1. The van der Waals surface area contributed by atoms with E-state index in [0.717, 1.165) is 54.5 Å². The predicted molar refractivity (Wildman–Crippen MR) is 171 cm³/mol. The maximum atomic E-state index is 13.3. The van der Waals surface area contributed by atoms with Gasteiger partial charge in [0.25, 0.3) is 10.0 Å². The third-order valence-corrected chi connectivity index (χ3v) is 9.64. The summed E-state index contributed by atoms with van der Waals surface area (Å²) in [6.07, 6.45) is 2.13. The highest BCUT2D eigenvalue weighted by molar-refractivity contribution is 7.92. The first-order chi connectivity index (χ1) is 21.4. The maximum absolute atomic E-state index is 13.3. The molecule has 0 aliphatic heterocycles. The standard InChI is InChI=1S/C33H33F3N6O2S/c1-19(2)32-40-29(30-31(37)39-18-28(42(30)32)20-11-13-22(38-3)14-12-20)26-15-16-27(25-10-5-4-9-24(25)26)41-45(43,44)23-8-6-7-21(17-23)33(34,35)36/h4-11,15-19,22,38,41H,12-14H2,1-3H3,(H2,37,39). The molecule has 0 radical (unpaired) electrons. The minimum Gasteiger partial charge on any atom is -0.382 e. The van der Waals surface area contributed by atoms with Gasteiger partial charge >= 0.3 is 6.18 Å². The van der Waals surface area contributed by atoms with E-state index < -0.39 is 26.7 Å². The SMILES string of the molecule is CNC1CC=C(c2cnc(N)c3c(-c4ccc(NS(=O)(=O)c5cccc(C(F)(F)F)c5)c5ccccc45)nc(C(C)C)n23)CC1. The van der Waals surface area contributed by atoms with Gasteiger partial charge in [0.15, 0.2) is 0 Å². The van der Waals surface area contributed by atoms with Crippen molar-refractivity contribution in [2.75, 3.05) is 17.5 Å². The summed E-state index contributed by atoms with van der Waals surface area (Å²) in [5, 5.41) is 4.58. The van der Waals surface area contributed by atoms with Gasteiger partial charge in [0, 0.05) is 22.9 Å². The second-order valence-electron chi connectivity index (χ2n) is 11.5. The fraction of sp³-hybridized carbons (Fsp3) is 0.273. The van der Waals surface area contributed by atoms with E-state index in [2.05, 4.69) is 39.3 Å². The van der Waals surface area contributed by atoms with Crippen LogP contribution in [0.3, 0.4) is 0 Å². The van der Waals surface area contributed by atoms with Crippen molar-refractivity contribution in [1.82, 2.24) is 19.7 Å². The average molecular weight is 635 g/mol. The first kappa shape index (κ1) is 30.6. The first-order valence-corrected chi connectivity index (χ1v) is 16.1. The van der Waals surface area contributed by atoms with Crippen molar-refractivity contribution in [2.45, 2.75) is 56.1 Å². The van der Waals surface area contributed by atoms with Gasteiger partial charge < -0.3 is 11.1 Å². The summed E-state index contributed by atoms with van der Waals surface area (Å²) in [6, 6.07) is 14.6. The van der Waals surface area contributed by atoms with Crippen molar-refractivity contribution < 1.29 is 21.6 Å². The number of alkyl halides is 3. The number of nitrogens with one attached hydrogen (secondary N) is 2. The molecule has 234 valence electrons. The molecule has 0 spiro atoms. The Balaban J connectivity index is 1.49. The molecule has 0 saturated carbocycles. The zero-order valence-corrected chi connectivity index (χ0v) is 25.8. The summed E-state index contributed by atoms with van der Waals surface area (Å²) in [5.41, 5.74) is 9.82. The molecule has 8 nitrogen and oxygen atoms in total. The van der Waals surface area contributed by atoms with Crippen LogP contribution in [0.25, 0.3) is 33.1 Å². The molecule has 4 N–H and O–H groups in total. The van der Waals surface area contributed by atoms with Crippen molar-refractivity contribution >= 4 is 43.4 Å². The number of rotatable bonds is 7. The molecule has 2 aromatic heterocycles. The molecule has 6 rings (SSSR count). The molecule has 1 atom stereocenters. The Morgan fingerprint density at radius 1 is 1.04 bits per heavy atom. The Hall–Kier alpha value is -4.42. The van der Waals surface area contributed by atoms with Crippen LogP contribution in [0.15, 0.2) is 77.8 Å². The second kappa shape index (κ2) is 11.5. The largest absolute Gasteiger partial charge is 0.416 e. The highest BCUT2D eigenvalue weighted by Gasteiger charge is 2.32. The Bertz CT molecular complexity index is 2070. The molecule has 5 aromatic rings. The number of allylic oxidation sites excluding steroid dienone is 1. The summed E-state index contributed by atoms with van der Waals surface area (Å²) >= 11 is 0. The third-order valence-electron chi connectivity index (χ3n) is 8.27. The van der Waals surface area contributed by atoms with Gasteiger partial charge in [-0.3, -0.25) is 9.12 Å². The Morgan fingerprint density at radius 2 is 1.80 bits per heavy atom. The molecule has 2 heterocycles. The fourth-order valence-electron chi connectivity index (χ4n) is 5.94. The number of nitrogen functional groups attached to an aromatic ring is 1. The van der Waals surface area contributed by atoms with Crippen molar-refractivity contribution in [1.29, 1.82) is 0 Å². The molecule has 0 saturated heterocycles. The van der Waals surface area contributed by atoms with Crippen molar-refractivity contribution in [3.05, 3.63) is 90.0 Å². The topological polar surface area (TPSA) is 114 Å². The lowest BCUT2D eigenvalue weighted by molar-refractivity contribution is -0.137.